The highest BCUT2D eigenvalue weighted by molar-refractivity contribution is 6.27. The molecule has 0 aromatic heterocycles. The molecule has 1 fully saturated rings. The Kier molecular flexibility index (Phi) is 7.76. The number of benzene rings is 1. The second-order valence-corrected chi connectivity index (χ2v) is 5.48. The predicted molar refractivity (Wildman–Crippen MR) is 83.0 cm³/mol. The Morgan fingerprint density at radius 3 is 2.25 bits per heavy atom. The molecule has 1 unspecified atom stereocenters. The Morgan fingerprint density at radius 2 is 1.79 bits per heavy atom. The van der Waals surface area contributed by atoms with Crippen LogP contribution < -0.4 is 5.32 Å². The molecule has 7 nitrogen and oxygen atoms in total. The number of ether oxygens (including phenoxy) is 1. The molecule has 1 aliphatic rings. The molecule has 8 heteroatoms. The number of halogens is 1. The van der Waals surface area contributed by atoms with E-state index >= 15 is 0 Å². The van der Waals surface area contributed by atoms with Gasteiger partial charge in [0, 0.05) is 5.56 Å². The summed E-state index contributed by atoms with van der Waals surface area (Å²) in [5.74, 6) is -3.91. The molecule has 1 aliphatic heterocycles. The largest absolute Gasteiger partial charge is 0.473 e. The standard InChI is InChI=1S/C14H20FNO2.C2H2O4/c1-11(17)14(6-8-16-9-7-14)18-10-12-4-2-3-5-13(12)15;3-1(4)2(5)6/h2-5,11,16-17H,6-10H2,1H3;(H,3,4)(H,5,6). The summed E-state index contributed by atoms with van der Waals surface area (Å²) in [5.41, 5.74) is -0.0101. The number of carboxylic acid groups (broad SMARTS) is 2. The summed E-state index contributed by atoms with van der Waals surface area (Å²) < 4.78 is 19.4. The fourth-order valence-corrected chi connectivity index (χ4v) is 2.37. The number of hydrogen-bond acceptors (Lipinski definition) is 5. The molecule has 2 rings (SSSR count). The molecule has 0 amide bonds. The number of nitrogens with one attached hydrogen (secondary N) is 1. The van der Waals surface area contributed by atoms with E-state index in [0.29, 0.717) is 5.56 Å². The third-order valence-electron chi connectivity index (χ3n) is 3.87. The van der Waals surface area contributed by atoms with E-state index in [1.165, 1.54) is 6.07 Å². The second kappa shape index (κ2) is 9.31. The van der Waals surface area contributed by atoms with Crippen molar-refractivity contribution in [2.24, 2.45) is 0 Å². The van der Waals surface area contributed by atoms with Crippen molar-refractivity contribution in [3.8, 4) is 0 Å². The number of carbonyl (C=O) groups is 2. The van der Waals surface area contributed by atoms with Crippen LogP contribution in [-0.2, 0) is 20.9 Å². The summed E-state index contributed by atoms with van der Waals surface area (Å²) in [4.78, 5) is 18.2. The van der Waals surface area contributed by atoms with Gasteiger partial charge in [0.05, 0.1) is 18.3 Å². The van der Waals surface area contributed by atoms with Crippen molar-refractivity contribution in [3.05, 3.63) is 35.6 Å². The minimum atomic E-state index is -1.82. The van der Waals surface area contributed by atoms with Crippen molar-refractivity contribution >= 4 is 11.9 Å². The topological polar surface area (TPSA) is 116 Å². The summed E-state index contributed by atoms with van der Waals surface area (Å²) in [6, 6.07) is 6.59. The van der Waals surface area contributed by atoms with Crippen molar-refractivity contribution in [3.63, 3.8) is 0 Å². The van der Waals surface area contributed by atoms with Crippen LogP contribution in [0.15, 0.2) is 24.3 Å². The van der Waals surface area contributed by atoms with Crippen LogP contribution in [0.4, 0.5) is 4.39 Å². The lowest BCUT2D eigenvalue weighted by molar-refractivity contribution is -0.159. The van der Waals surface area contributed by atoms with Gasteiger partial charge < -0.3 is 25.4 Å². The lowest BCUT2D eigenvalue weighted by atomic mass is 9.87. The number of carboxylic acids is 2. The number of aliphatic hydroxyl groups is 1. The average Bonchev–Trinajstić information content (AvgIpc) is 2.55. The molecule has 1 atom stereocenters. The molecule has 0 bridgehead atoms. The van der Waals surface area contributed by atoms with Crippen LogP contribution in [0.3, 0.4) is 0 Å². The van der Waals surface area contributed by atoms with Crippen LogP contribution in [0.1, 0.15) is 25.3 Å². The smallest absolute Gasteiger partial charge is 0.414 e. The molecule has 134 valence electrons. The number of piperidine rings is 1. The molecule has 1 heterocycles. The van der Waals surface area contributed by atoms with E-state index in [-0.39, 0.29) is 12.4 Å². The van der Waals surface area contributed by atoms with E-state index in [9.17, 15) is 9.50 Å². The first-order valence-electron chi connectivity index (χ1n) is 7.51. The van der Waals surface area contributed by atoms with Crippen molar-refractivity contribution in [2.75, 3.05) is 13.1 Å². The van der Waals surface area contributed by atoms with E-state index in [4.69, 9.17) is 24.5 Å². The van der Waals surface area contributed by atoms with Gasteiger partial charge in [0.25, 0.3) is 0 Å². The maximum Gasteiger partial charge on any atom is 0.414 e. The zero-order chi connectivity index (χ0) is 18.2. The maximum atomic E-state index is 13.5. The predicted octanol–water partition coefficient (Wildman–Crippen LogP) is 1.00. The Labute approximate surface area is 139 Å². The first kappa shape index (κ1) is 20.0. The third kappa shape index (κ3) is 5.88. The Balaban J connectivity index is 0.000000413. The summed E-state index contributed by atoms with van der Waals surface area (Å²) in [5, 5.41) is 27.9. The zero-order valence-electron chi connectivity index (χ0n) is 13.4. The maximum absolute atomic E-state index is 13.5. The van der Waals surface area contributed by atoms with Gasteiger partial charge in [-0.2, -0.15) is 0 Å². The van der Waals surface area contributed by atoms with Gasteiger partial charge in [0.15, 0.2) is 0 Å². The molecule has 0 saturated carbocycles. The van der Waals surface area contributed by atoms with E-state index in [0.717, 1.165) is 25.9 Å². The van der Waals surface area contributed by atoms with Crippen LogP contribution in [0.25, 0.3) is 0 Å². The van der Waals surface area contributed by atoms with Gasteiger partial charge in [-0.1, -0.05) is 18.2 Å². The van der Waals surface area contributed by atoms with Gasteiger partial charge >= 0.3 is 11.9 Å². The van der Waals surface area contributed by atoms with Crippen LogP contribution in [0.2, 0.25) is 0 Å². The van der Waals surface area contributed by atoms with Crippen LogP contribution in [0.5, 0.6) is 0 Å². The first-order valence-corrected chi connectivity index (χ1v) is 7.51. The van der Waals surface area contributed by atoms with Gasteiger partial charge in [0.2, 0.25) is 0 Å². The van der Waals surface area contributed by atoms with E-state index < -0.39 is 23.6 Å². The average molecular weight is 343 g/mol. The van der Waals surface area contributed by atoms with Crippen molar-refractivity contribution in [2.45, 2.75) is 38.1 Å². The normalized spacial score (nSPS) is 17.3. The zero-order valence-corrected chi connectivity index (χ0v) is 13.4. The lowest BCUT2D eigenvalue weighted by Crippen LogP contribution is -2.51. The van der Waals surface area contributed by atoms with E-state index in [2.05, 4.69) is 5.32 Å². The van der Waals surface area contributed by atoms with Gasteiger partial charge in [-0.25, -0.2) is 14.0 Å². The van der Waals surface area contributed by atoms with Gasteiger partial charge in [-0.05, 0) is 38.9 Å². The van der Waals surface area contributed by atoms with Crippen molar-refractivity contribution in [1.82, 2.24) is 5.32 Å². The Morgan fingerprint density at radius 1 is 1.25 bits per heavy atom. The quantitative estimate of drug-likeness (QED) is 0.603. The monoisotopic (exact) mass is 343 g/mol. The molecule has 1 saturated heterocycles. The van der Waals surface area contributed by atoms with Crippen LogP contribution in [0, 0.1) is 5.82 Å². The SMILES string of the molecule is CC(O)C1(OCc2ccccc2F)CCNCC1.O=C(O)C(=O)O. The van der Waals surface area contributed by atoms with E-state index in [1.54, 1.807) is 25.1 Å². The van der Waals surface area contributed by atoms with Gasteiger partial charge in [-0.15, -0.1) is 0 Å². The molecule has 0 radical (unpaired) electrons. The van der Waals surface area contributed by atoms with Crippen LogP contribution >= 0.6 is 0 Å². The minimum Gasteiger partial charge on any atom is -0.473 e. The van der Waals surface area contributed by atoms with Gasteiger partial charge in [-0.3, -0.25) is 0 Å². The van der Waals surface area contributed by atoms with Crippen LogP contribution in [-0.4, -0.2) is 52.1 Å². The number of aliphatic hydroxyl groups excluding tert-OH is 1. The number of hydrogen-bond donors (Lipinski definition) is 4. The Bertz CT molecular complexity index is 545. The fraction of sp³-hybridized carbons (Fsp3) is 0.500. The molecule has 1 aromatic rings. The van der Waals surface area contributed by atoms with Gasteiger partial charge in [0.1, 0.15) is 5.82 Å². The Hall–Kier alpha value is -2.03. The molecular weight excluding hydrogens is 321 g/mol. The molecule has 1 aromatic carbocycles. The second-order valence-electron chi connectivity index (χ2n) is 5.48. The minimum absolute atomic E-state index is 0.206. The highest BCUT2D eigenvalue weighted by Crippen LogP contribution is 2.28. The summed E-state index contributed by atoms with van der Waals surface area (Å²) in [7, 11) is 0. The van der Waals surface area contributed by atoms with Crippen molar-refractivity contribution < 1.29 is 34.0 Å². The lowest BCUT2D eigenvalue weighted by Gasteiger charge is -2.40. The van der Waals surface area contributed by atoms with Crippen molar-refractivity contribution in [1.29, 1.82) is 0 Å². The first-order chi connectivity index (χ1) is 11.3. The van der Waals surface area contributed by atoms with E-state index in [1.807, 2.05) is 0 Å². The highest BCUT2D eigenvalue weighted by Gasteiger charge is 2.37. The molecule has 0 aliphatic carbocycles. The third-order valence-corrected chi connectivity index (χ3v) is 3.87. The fourth-order valence-electron chi connectivity index (χ4n) is 2.37. The number of aliphatic carboxylic acids is 2. The molecule has 0 spiro atoms. The molecule has 24 heavy (non-hydrogen) atoms. The molecule has 4 N–H and O–H groups in total. The summed E-state index contributed by atoms with van der Waals surface area (Å²) >= 11 is 0. The summed E-state index contributed by atoms with van der Waals surface area (Å²) in [6.07, 6.45) is 0.949. The molecular formula is C16H22FNO6. The highest BCUT2D eigenvalue weighted by atomic mass is 19.1. The summed E-state index contributed by atoms with van der Waals surface area (Å²) in [6.45, 7) is 3.59. The number of rotatable bonds is 4.